The summed E-state index contributed by atoms with van der Waals surface area (Å²) in [6.45, 7) is 3.92. The lowest BCUT2D eigenvalue weighted by Crippen LogP contribution is -2.54. The van der Waals surface area contributed by atoms with E-state index in [1.807, 2.05) is 6.92 Å². The number of hydrogen-bond donors (Lipinski definition) is 2. The van der Waals surface area contributed by atoms with Crippen LogP contribution in [0, 0.1) is 0 Å². The van der Waals surface area contributed by atoms with Gasteiger partial charge in [0.1, 0.15) is 6.04 Å². The number of carbonyl (C=O) groups is 1. The number of nitrogens with zero attached hydrogens (tertiary/aromatic N) is 1. The molecule has 1 aliphatic carbocycles. The monoisotopic (exact) mass is 254 g/mol. The molecule has 1 atom stereocenters. The van der Waals surface area contributed by atoms with Crippen LogP contribution >= 0.6 is 0 Å². The molecule has 0 bridgehead atoms. The Balaban J connectivity index is 2.07. The van der Waals surface area contributed by atoms with Crippen LogP contribution in [-0.2, 0) is 4.79 Å². The lowest BCUT2D eigenvalue weighted by Gasteiger charge is -2.43. The predicted octanol–water partition coefficient (Wildman–Crippen LogP) is 1.85. The van der Waals surface area contributed by atoms with Gasteiger partial charge in [0.15, 0.2) is 0 Å². The fourth-order valence-corrected chi connectivity index (χ4v) is 3.54. The molecule has 0 amide bonds. The first-order chi connectivity index (χ1) is 8.70. The molecular formula is C14H26N2O2. The lowest BCUT2D eigenvalue weighted by molar-refractivity contribution is -0.145. The van der Waals surface area contributed by atoms with Gasteiger partial charge < -0.3 is 10.4 Å². The average Bonchev–Trinajstić information content (AvgIpc) is 2.41. The summed E-state index contributed by atoms with van der Waals surface area (Å²) in [4.78, 5) is 13.7. The van der Waals surface area contributed by atoms with E-state index in [9.17, 15) is 9.90 Å². The summed E-state index contributed by atoms with van der Waals surface area (Å²) in [5.41, 5.74) is 0. The van der Waals surface area contributed by atoms with E-state index in [-0.39, 0.29) is 6.04 Å². The summed E-state index contributed by atoms with van der Waals surface area (Å²) < 4.78 is 0. The first-order valence-corrected chi connectivity index (χ1v) is 7.41. The summed E-state index contributed by atoms with van der Waals surface area (Å²) in [6.07, 6.45) is 8.39. The van der Waals surface area contributed by atoms with Crippen LogP contribution in [0.3, 0.4) is 0 Å². The summed E-state index contributed by atoms with van der Waals surface area (Å²) in [7, 11) is 0. The van der Waals surface area contributed by atoms with E-state index in [4.69, 9.17) is 0 Å². The van der Waals surface area contributed by atoms with Gasteiger partial charge in [-0.2, -0.15) is 0 Å². The molecule has 0 spiro atoms. The lowest BCUT2D eigenvalue weighted by atomic mass is 9.90. The number of aliphatic carboxylic acids is 1. The quantitative estimate of drug-likeness (QED) is 0.804. The van der Waals surface area contributed by atoms with Crippen molar-refractivity contribution in [2.75, 3.05) is 13.1 Å². The van der Waals surface area contributed by atoms with Gasteiger partial charge >= 0.3 is 5.97 Å². The number of rotatable bonds is 4. The van der Waals surface area contributed by atoms with Crippen molar-refractivity contribution in [2.45, 2.75) is 70.0 Å². The van der Waals surface area contributed by atoms with Crippen molar-refractivity contribution in [3.8, 4) is 0 Å². The normalized spacial score (nSPS) is 25.2. The molecule has 2 aliphatic rings. The minimum absolute atomic E-state index is 0.337. The molecule has 2 rings (SSSR count). The molecule has 1 saturated heterocycles. The summed E-state index contributed by atoms with van der Waals surface area (Å²) in [6, 6.07) is 0.615. The molecule has 4 nitrogen and oxygen atoms in total. The Morgan fingerprint density at radius 1 is 1.11 bits per heavy atom. The van der Waals surface area contributed by atoms with E-state index in [0.717, 1.165) is 25.9 Å². The molecule has 4 heteroatoms. The molecule has 1 saturated carbocycles. The van der Waals surface area contributed by atoms with E-state index < -0.39 is 5.97 Å². The summed E-state index contributed by atoms with van der Waals surface area (Å²) in [5, 5.41) is 12.7. The Kier molecular flexibility index (Phi) is 5.01. The van der Waals surface area contributed by atoms with Gasteiger partial charge in [0, 0.05) is 12.1 Å². The highest BCUT2D eigenvalue weighted by Gasteiger charge is 2.34. The molecular weight excluding hydrogens is 228 g/mol. The Labute approximate surface area is 110 Å². The molecule has 1 aliphatic heterocycles. The Bertz CT molecular complexity index is 253. The third kappa shape index (κ3) is 3.23. The van der Waals surface area contributed by atoms with Crippen molar-refractivity contribution in [3.63, 3.8) is 0 Å². The van der Waals surface area contributed by atoms with Gasteiger partial charge in [-0.3, -0.25) is 9.69 Å². The number of piperidine rings is 1. The van der Waals surface area contributed by atoms with E-state index in [2.05, 4.69) is 10.2 Å². The largest absolute Gasteiger partial charge is 0.480 e. The molecule has 1 unspecified atom stereocenters. The highest BCUT2D eigenvalue weighted by molar-refractivity contribution is 5.73. The first kappa shape index (κ1) is 13.8. The Morgan fingerprint density at radius 3 is 2.22 bits per heavy atom. The number of nitrogens with one attached hydrogen (secondary N) is 1. The summed E-state index contributed by atoms with van der Waals surface area (Å²) in [5.74, 6) is -0.667. The van der Waals surface area contributed by atoms with Crippen LogP contribution in [0.1, 0.15) is 51.9 Å². The average molecular weight is 254 g/mol. The minimum Gasteiger partial charge on any atom is -0.480 e. The zero-order valence-corrected chi connectivity index (χ0v) is 11.4. The second-order valence-corrected chi connectivity index (χ2v) is 5.73. The number of carboxylic acids is 1. The van der Waals surface area contributed by atoms with Crippen molar-refractivity contribution in [1.82, 2.24) is 10.2 Å². The van der Waals surface area contributed by atoms with Crippen molar-refractivity contribution in [3.05, 3.63) is 0 Å². The van der Waals surface area contributed by atoms with Crippen LogP contribution in [0.25, 0.3) is 0 Å². The Morgan fingerprint density at radius 2 is 1.67 bits per heavy atom. The van der Waals surface area contributed by atoms with Gasteiger partial charge in [-0.15, -0.1) is 0 Å². The van der Waals surface area contributed by atoms with Crippen molar-refractivity contribution < 1.29 is 9.90 Å². The molecule has 0 radical (unpaired) electrons. The highest BCUT2D eigenvalue weighted by atomic mass is 16.4. The Hall–Kier alpha value is -0.610. The third-order valence-corrected chi connectivity index (χ3v) is 4.53. The van der Waals surface area contributed by atoms with Crippen LogP contribution in [-0.4, -0.2) is 47.2 Å². The molecule has 18 heavy (non-hydrogen) atoms. The molecule has 104 valence electrons. The third-order valence-electron chi connectivity index (χ3n) is 4.53. The predicted molar refractivity (Wildman–Crippen MR) is 71.7 cm³/mol. The molecule has 0 aromatic rings. The zero-order chi connectivity index (χ0) is 13.0. The SMILES string of the molecule is CC(C(=O)O)N(C1CCCCC1)C1CCNCC1. The van der Waals surface area contributed by atoms with Crippen LogP contribution in [0.5, 0.6) is 0 Å². The van der Waals surface area contributed by atoms with Gasteiger partial charge in [-0.25, -0.2) is 0 Å². The van der Waals surface area contributed by atoms with E-state index in [1.165, 1.54) is 32.1 Å². The second-order valence-electron chi connectivity index (χ2n) is 5.73. The van der Waals surface area contributed by atoms with E-state index in [0.29, 0.717) is 12.1 Å². The number of hydrogen-bond acceptors (Lipinski definition) is 3. The maximum Gasteiger partial charge on any atom is 0.320 e. The van der Waals surface area contributed by atoms with Crippen molar-refractivity contribution in [1.29, 1.82) is 0 Å². The number of carboxylic acid groups (broad SMARTS) is 1. The standard InChI is InChI=1S/C14H26N2O2/c1-11(14(17)18)16(12-5-3-2-4-6-12)13-7-9-15-10-8-13/h11-13,15H,2-10H2,1H3,(H,17,18). The van der Waals surface area contributed by atoms with Gasteiger partial charge in [-0.05, 0) is 45.7 Å². The van der Waals surface area contributed by atoms with E-state index >= 15 is 0 Å². The summed E-state index contributed by atoms with van der Waals surface area (Å²) >= 11 is 0. The van der Waals surface area contributed by atoms with Gasteiger partial charge in [0.05, 0.1) is 0 Å². The molecule has 2 N–H and O–H groups in total. The maximum atomic E-state index is 11.4. The second kappa shape index (κ2) is 6.53. The van der Waals surface area contributed by atoms with Gasteiger partial charge in [0.25, 0.3) is 0 Å². The molecule has 0 aromatic heterocycles. The maximum absolute atomic E-state index is 11.4. The smallest absolute Gasteiger partial charge is 0.320 e. The van der Waals surface area contributed by atoms with Gasteiger partial charge in [-0.1, -0.05) is 19.3 Å². The molecule has 1 heterocycles. The van der Waals surface area contributed by atoms with Crippen molar-refractivity contribution >= 4 is 5.97 Å². The van der Waals surface area contributed by atoms with Crippen LogP contribution < -0.4 is 5.32 Å². The van der Waals surface area contributed by atoms with Crippen molar-refractivity contribution in [2.24, 2.45) is 0 Å². The minimum atomic E-state index is -0.667. The fraction of sp³-hybridized carbons (Fsp3) is 0.929. The molecule has 2 fully saturated rings. The zero-order valence-electron chi connectivity index (χ0n) is 11.4. The fourth-order valence-electron chi connectivity index (χ4n) is 3.54. The van der Waals surface area contributed by atoms with Crippen LogP contribution in [0.2, 0.25) is 0 Å². The highest BCUT2D eigenvalue weighted by Crippen LogP contribution is 2.28. The van der Waals surface area contributed by atoms with Crippen LogP contribution in [0.4, 0.5) is 0 Å². The van der Waals surface area contributed by atoms with Crippen LogP contribution in [0.15, 0.2) is 0 Å². The van der Waals surface area contributed by atoms with Gasteiger partial charge in [0.2, 0.25) is 0 Å². The topological polar surface area (TPSA) is 52.6 Å². The van der Waals surface area contributed by atoms with E-state index in [1.54, 1.807) is 0 Å². The first-order valence-electron chi connectivity index (χ1n) is 7.41. The molecule has 0 aromatic carbocycles.